The maximum absolute atomic E-state index is 3.73. The van der Waals surface area contributed by atoms with Gasteiger partial charge in [-0.1, -0.05) is 39.0 Å². The quantitative estimate of drug-likeness (QED) is 0.390. The van der Waals surface area contributed by atoms with Crippen LogP contribution in [-0.2, 0) is 5.41 Å². The zero-order valence-corrected chi connectivity index (χ0v) is 11.4. The highest BCUT2D eigenvalue weighted by atomic mass is 32.2. The molecule has 0 aliphatic heterocycles. The van der Waals surface area contributed by atoms with Crippen molar-refractivity contribution in [3.8, 4) is 0 Å². The fourth-order valence-corrected chi connectivity index (χ4v) is 2.34. The minimum absolute atomic E-state index is 0.256. The van der Waals surface area contributed by atoms with Crippen molar-refractivity contribution in [2.24, 2.45) is 0 Å². The molecule has 0 nitrogen and oxygen atoms in total. The molecule has 1 aromatic carbocycles. The number of hydrogen-bond donors (Lipinski definition) is 0. The largest absolute Gasteiger partial charge is 0.126 e. The molecule has 0 aliphatic carbocycles. The van der Waals surface area contributed by atoms with E-state index < -0.39 is 0 Å². The third kappa shape index (κ3) is 4.44. The summed E-state index contributed by atoms with van der Waals surface area (Å²) in [5.74, 6) is 1.18. The lowest BCUT2D eigenvalue weighted by molar-refractivity contribution is 0.590. The van der Waals surface area contributed by atoms with Gasteiger partial charge in [0.2, 0.25) is 0 Å². The molecule has 0 aliphatic rings. The topological polar surface area (TPSA) is 0 Å². The molecule has 0 spiro atoms. The van der Waals surface area contributed by atoms with Crippen LogP contribution in [0.2, 0.25) is 0 Å². The predicted octanol–water partition coefficient (Wildman–Crippen LogP) is 5.04. The van der Waals surface area contributed by atoms with Gasteiger partial charge in [-0.2, -0.15) is 0 Å². The van der Waals surface area contributed by atoms with E-state index in [1.165, 1.54) is 22.6 Å². The molecular weight excluding hydrogens is 212 g/mol. The van der Waals surface area contributed by atoms with Gasteiger partial charge >= 0.3 is 0 Å². The zero-order valence-electron chi connectivity index (χ0n) is 10.6. The molecule has 1 aromatic rings. The number of allylic oxidation sites excluding steroid dienone is 1. The smallest absolute Gasteiger partial charge is 0.00721 e. The molecule has 1 rings (SSSR count). The number of hydrogen-bond acceptors (Lipinski definition) is 1. The van der Waals surface area contributed by atoms with E-state index in [1.807, 2.05) is 17.8 Å². The average Bonchev–Trinajstić information content (AvgIpc) is 2.24. The molecule has 0 aromatic heterocycles. The maximum atomic E-state index is 3.73. The third-order valence-corrected chi connectivity index (χ3v) is 3.64. The van der Waals surface area contributed by atoms with E-state index in [0.717, 1.165) is 6.42 Å². The van der Waals surface area contributed by atoms with E-state index >= 15 is 0 Å². The van der Waals surface area contributed by atoms with Crippen molar-refractivity contribution < 1.29 is 0 Å². The lowest BCUT2D eigenvalue weighted by Gasteiger charge is -2.19. The number of unbranched alkanes of at least 4 members (excludes halogenated alkanes) is 1. The summed E-state index contributed by atoms with van der Waals surface area (Å²) in [5, 5.41) is 0. The van der Waals surface area contributed by atoms with Crippen molar-refractivity contribution in [3.63, 3.8) is 0 Å². The van der Waals surface area contributed by atoms with Gasteiger partial charge < -0.3 is 0 Å². The minimum Gasteiger partial charge on any atom is -0.126 e. The molecule has 0 atom stereocenters. The van der Waals surface area contributed by atoms with Gasteiger partial charge in [0.15, 0.2) is 0 Å². The average molecular weight is 234 g/mol. The monoisotopic (exact) mass is 234 g/mol. The summed E-state index contributed by atoms with van der Waals surface area (Å²) >= 11 is 1.93. The molecule has 88 valence electrons. The van der Waals surface area contributed by atoms with Crippen LogP contribution < -0.4 is 0 Å². The Kier molecular flexibility index (Phi) is 5.14. The Hall–Kier alpha value is -0.690. The Bertz CT molecular complexity index is 316. The molecule has 0 bridgehead atoms. The summed E-state index contributed by atoms with van der Waals surface area (Å²) in [5.41, 5.74) is 1.66. The Morgan fingerprint density at radius 1 is 1.19 bits per heavy atom. The maximum Gasteiger partial charge on any atom is 0.00721 e. The van der Waals surface area contributed by atoms with Gasteiger partial charge in [-0.15, -0.1) is 18.3 Å². The highest BCUT2D eigenvalue weighted by Gasteiger charge is 2.12. The Balaban J connectivity index is 2.48. The van der Waals surface area contributed by atoms with Crippen LogP contribution in [0.15, 0.2) is 41.8 Å². The molecule has 0 amide bonds. The minimum atomic E-state index is 0.256. The van der Waals surface area contributed by atoms with Crippen molar-refractivity contribution in [2.45, 2.75) is 43.9 Å². The fourth-order valence-electron chi connectivity index (χ4n) is 1.47. The van der Waals surface area contributed by atoms with E-state index in [2.05, 4.69) is 51.6 Å². The molecule has 0 saturated heterocycles. The number of rotatable bonds is 5. The molecule has 0 unspecified atom stereocenters. The lowest BCUT2D eigenvalue weighted by Crippen LogP contribution is -2.10. The summed E-state index contributed by atoms with van der Waals surface area (Å²) in [6, 6.07) is 8.96. The summed E-state index contributed by atoms with van der Waals surface area (Å²) in [6.45, 7) is 10.5. The fraction of sp³-hybridized carbons (Fsp3) is 0.467. The molecule has 0 saturated carbocycles. The van der Waals surface area contributed by atoms with E-state index in [1.54, 1.807) is 0 Å². The number of thioether (sulfide) groups is 1. The van der Waals surface area contributed by atoms with Crippen molar-refractivity contribution in [1.29, 1.82) is 0 Å². The summed E-state index contributed by atoms with van der Waals surface area (Å²) in [4.78, 5) is 1.37. The van der Waals surface area contributed by atoms with Gasteiger partial charge in [0.1, 0.15) is 0 Å². The molecule has 0 radical (unpaired) electrons. The standard InChI is InChI=1S/C15H22S/c1-5-6-7-12-16-14-10-8-13(9-11-14)15(2,3)4/h5,8-11H,1,6-7,12H2,2-4H3. The Labute approximate surface area is 104 Å². The van der Waals surface area contributed by atoms with Crippen LogP contribution in [-0.4, -0.2) is 5.75 Å². The SMILES string of the molecule is C=CCCCSc1ccc(C(C)(C)C)cc1. The van der Waals surface area contributed by atoms with Crippen LogP contribution in [0.5, 0.6) is 0 Å². The first-order valence-electron chi connectivity index (χ1n) is 5.88. The first-order chi connectivity index (χ1) is 7.54. The zero-order chi connectivity index (χ0) is 12.0. The summed E-state index contributed by atoms with van der Waals surface area (Å²) in [7, 11) is 0. The second-order valence-corrected chi connectivity index (χ2v) is 6.22. The van der Waals surface area contributed by atoms with E-state index in [9.17, 15) is 0 Å². The van der Waals surface area contributed by atoms with E-state index in [0.29, 0.717) is 0 Å². The second kappa shape index (κ2) is 6.15. The van der Waals surface area contributed by atoms with Gasteiger partial charge in [-0.3, -0.25) is 0 Å². The van der Waals surface area contributed by atoms with Crippen molar-refractivity contribution in [3.05, 3.63) is 42.5 Å². The Morgan fingerprint density at radius 2 is 1.81 bits per heavy atom. The molecule has 1 heteroatoms. The lowest BCUT2D eigenvalue weighted by atomic mass is 9.87. The van der Waals surface area contributed by atoms with Gasteiger partial charge in [0.05, 0.1) is 0 Å². The molecular formula is C15H22S. The highest BCUT2D eigenvalue weighted by molar-refractivity contribution is 7.99. The van der Waals surface area contributed by atoms with Gasteiger partial charge in [0, 0.05) is 4.90 Å². The van der Waals surface area contributed by atoms with Gasteiger partial charge in [-0.05, 0) is 41.7 Å². The number of benzene rings is 1. The summed E-state index contributed by atoms with van der Waals surface area (Å²) in [6.07, 6.45) is 4.32. The van der Waals surface area contributed by atoms with Crippen LogP contribution in [0.1, 0.15) is 39.2 Å². The molecule has 0 N–H and O–H groups in total. The second-order valence-electron chi connectivity index (χ2n) is 5.05. The van der Waals surface area contributed by atoms with Crippen molar-refractivity contribution in [2.75, 3.05) is 5.75 Å². The van der Waals surface area contributed by atoms with Crippen LogP contribution in [0, 0.1) is 0 Å². The van der Waals surface area contributed by atoms with Crippen LogP contribution in [0.25, 0.3) is 0 Å². The molecule has 16 heavy (non-hydrogen) atoms. The van der Waals surface area contributed by atoms with Crippen LogP contribution in [0.4, 0.5) is 0 Å². The first kappa shape index (κ1) is 13.4. The van der Waals surface area contributed by atoms with Crippen molar-refractivity contribution >= 4 is 11.8 Å². The predicted molar refractivity (Wildman–Crippen MR) is 75.3 cm³/mol. The van der Waals surface area contributed by atoms with Gasteiger partial charge in [0.25, 0.3) is 0 Å². The van der Waals surface area contributed by atoms with Gasteiger partial charge in [-0.25, -0.2) is 0 Å². The third-order valence-electron chi connectivity index (χ3n) is 2.54. The molecule has 0 fully saturated rings. The first-order valence-corrected chi connectivity index (χ1v) is 6.87. The Morgan fingerprint density at radius 3 is 2.31 bits per heavy atom. The normalized spacial score (nSPS) is 11.4. The van der Waals surface area contributed by atoms with Crippen LogP contribution in [0.3, 0.4) is 0 Å². The van der Waals surface area contributed by atoms with E-state index in [4.69, 9.17) is 0 Å². The van der Waals surface area contributed by atoms with Crippen LogP contribution >= 0.6 is 11.8 Å². The molecule has 0 heterocycles. The van der Waals surface area contributed by atoms with E-state index in [-0.39, 0.29) is 5.41 Å². The van der Waals surface area contributed by atoms with Crippen molar-refractivity contribution in [1.82, 2.24) is 0 Å². The highest BCUT2D eigenvalue weighted by Crippen LogP contribution is 2.26. The summed E-state index contributed by atoms with van der Waals surface area (Å²) < 4.78 is 0.